The molecular weight excluding hydrogens is 202 g/mol. The van der Waals surface area contributed by atoms with E-state index in [1.165, 1.54) is 5.56 Å². The Kier molecular flexibility index (Phi) is 5.29. The molecule has 0 aromatic heterocycles. The summed E-state index contributed by atoms with van der Waals surface area (Å²) in [5.74, 6) is 0.897. The van der Waals surface area contributed by atoms with E-state index in [1.54, 1.807) is 6.92 Å². The van der Waals surface area contributed by atoms with Gasteiger partial charge in [-0.15, -0.1) is 0 Å². The van der Waals surface area contributed by atoms with Crippen LogP contribution in [0.15, 0.2) is 24.3 Å². The molecule has 2 atom stereocenters. The second-order valence-electron chi connectivity index (χ2n) is 3.98. The minimum Gasteiger partial charge on any atom is -0.494 e. The van der Waals surface area contributed by atoms with Crippen LogP contribution < -0.4 is 10.1 Å². The summed E-state index contributed by atoms with van der Waals surface area (Å²) < 4.78 is 5.38. The van der Waals surface area contributed by atoms with E-state index in [-0.39, 0.29) is 12.1 Å². The molecule has 0 radical (unpaired) electrons. The summed E-state index contributed by atoms with van der Waals surface area (Å²) >= 11 is 0. The van der Waals surface area contributed by atoms with Crippen LogP contribution in [0.4, 0.5) is 0 Å². The van der Waals surface area contributed by atoms with Crippen LogP contribution in [0.1, 0.15) is 32.4 Å². The van der Waals surface area contributed by atoms with E-state index >= 15 is 0 Å². The lowest BCUT2D eigenvalue weighted by Crippen LogP contribution is -2.27. The quantitative estimate of drug-likeness (QED) is 0.776. The van der Waals surface area contributed by atoms with E-state index in [0.717, 1.165) is 5.75 Å². The summed E-state index contributed by atoms with van der Waals surface area (Å²) in [6.45, 7) is 7.13. The highest BCUT2D eigenvalue weighted by Crippen LogP contribution is 2.17. The maximum Gasteiger partial charge on any atom is 0.119 e. The second-order valence-corrected chi connectivity index (χ2v) is 3.98. The fourth-order valence-electron chi connectivity index (χ4n) is 1.48. The summed E-state index contributed by atoms with van der Waals surface area (Å²) in [7, 11) is 0. The molecule has 2 N–H and O–H groups in total. The zero-order valence-corrected chi connectivity index (χ0v) is 10.2. The van der Waals surface area contributed by atoms with Gasteiger partial charge < -0.3 is 15.2 Å². The lowest BCUT2D eigenvalue weighted by molar-refractivity contribution is 0.187. The van der Waals surface area contributed by atoms with Crippen molar-refractivity contribution in [2.24, 2.45) is 0 Å². The van der Waals surface area contributed by atoms with Crippen molar-refractivity contribution >= 4 is 0 Å². The Morgan fingerprint density at radius 1 is 1.25 bits per heavy atom. The molecule has 3 nitrogen and oxygen atoms in total. The van der Waals surface area contributed by atoms with Crippen LogP contribution in [-0.4, -0.2) is 24.4 Å². The van der Waals surface area contributed by atoms with Gasteiger partial charge in [-0.1, -0.05) is 12.1 Å². The highest BCUT2D eigenvalue weighted by Gasteiger charge is 2.05. The first-order valence-corrected chi connectivity index (χ1v) is 5.77. The molecule has 3 heteroatoms. The molecule has 1 unspecified atom stereocenters. The summed E-state index contributed by atoms with van der Waals surface area (Å²) in [5, 5.41) is 12.4. The number of benzene rings is 1. The minimum absolute atomic E-state index is 0.241. The van der Waals surface area contributed by atoms with Gasteiger partial charge in [0.1, 0.15) is 5.75 Å². The van der Waals surface area contributed by atoms with Crippen molar-refractivity contribution in [2.75, 3.05) is 13.2 Å². The van der Waals surface area contributed by atoms with Crippen LogP contribution in [0.25, 0.3) is 0 Å². The van der Waals surface area contributed by atoms with Crippen LogP contribution >= 0.6 is 0 Å². The molecule has 1 aromatic rings. The number of hydrogen-bond donors (Lipinski definition) is 2. The van der Waals surface area contributed by atoms with Crippen LogP contribution in [0.2, 0.25) is 0 Å². The number of hydrogen-bond acceptors (Lipinski definition) is 3. The van der Waals surface area contributed by atoms with Crippen LogP contribution in [-0.2, 0) is 0 Å². The highest BCUT2D eigenvalue weighted by atomic mass is 16.5. The normalized spacial score (nSPS) is 14.5. The largest absolute Gasteiger partial charge is 0.494 e. The van der Waals surface area contributed by atoms with Gasteiger partial charge >= 0.3 is 0 Å². The van der Waals surface area contributed by atoms with Crippen molar-refractivity contribution in [1.82, 2.24) is 5.32 Å². The van der Waals surface area contributed by atoms with Crippen molar-refractivity contribution < 1.29 is 9.84 Å². The summed E-state index contributed by atoms with van der Waals surface area (Å²) in [6.07, 6.45) is -0.315. The number of ether oxygens (including phenoxy) is 1. The highest BCUT2D eigenvalue weighted by molar-refractivity contribution is 5.28. The molecule has 16 heavy (non-hydrogen) atoms. The van der Waals surface area contributed by atoms with Gasteiger partial charge in [0.05, 0.1) is 12.7 Å². The molecule has 90 valence electrons. The van der Waals surface area contributed by atoms with Gasteiger partial charge in [0.2, 0.25) is 0 Å². The minimum atomic E-state index is -0.315. The fraction of sp³-hybridized carbons (Fsp3) is 0.538. The number of aliphatic hydroxyl groups excluding tert-OH is 1. The van der Waals surface area contributed by atoms with Crippen molar-refractivity contribution in [3.63, 3.8) is 0 Å². The van der Waals surface area contributed by atoms with Gasteiger partial charge in [-0.25, -0.2) is 0 Å². The Labute approximate surface area is 97.4 Å². The van der Waals surface area contributed by atoms with E-state index < -0.39 is 0 Å². The first-order chi connectivity index (χ1) is 7.63. The third-order valence-electron chi connectivity index (χ3n) is 2.41. The van der Waals surface area contributed by atoms with Gasteiger partial charge in [-0.3, -0.25) is 0 Å². The van der Waals surface area contributed by atoms with Crippen molar-refractivity contribution in [3.8, 4) is 5.75 Å². The standard InChI is InChI=1S/C13H21NO2/c1-4-16-13-7-5-12(6-8-13)11(3)14-9-10(2)15/h5-8,10-11,14-15H,4,9H2,1-3H3/t10-,11?/m1/s1. The topological polar surface area (TPSA) is 41.5 Å². The average Bonchev–Trinajstić information content (AvgIpc) is 2.27. The Balaban J connectivity index is 2.52. The fourth-order valence-corrected chi connectivity index (χ4v) is 1.48. The van der Waals surface area contributed by atoms with Crippen molar-refractivity contribution in [1.29, 1.82) is 0 Å². The molecule has 0 aliphatic heterocycles. The third kappa shape index (κ3) is 4.21. The molecule has 0 saturated carbocycles. The van der Waals surface area contributed by atoms with E-state index in [1.807, 2.05) is 31.2 Å². The molecule has 0 bridgehead atoms. The maximum absolute atomic E-state index is 9.18. The number of rotatable bonds is 6. The SMILES string of the molecule is CCOc1ccc(C(C)NC[C@@H](C)O)cc1. The van der Waals surface area contributed by atoms with Gasteiger partial charge in [0.25, 0.3) is 0 Å². The Hall–Kier alpha value is -1.06. The van der Waals surface area contributed by atoms with Crippen LogP contribution in [0.3, 0.4) is 0 Å². The molecule has 0 aliphatic rings. The van der Waals surface area contributed by atoms with E-state index in [4.69, 9.17) is 4.74 Å². The molecule has 0 amide bonds. The van der Waals surface area contributed by atoms with Crippen molar-refractivity contribution in [2.45, 2.75) is 32.9 Å². The second kappa shape index (κ2) is 6.51. The maximum atomic E-state index is 9.18. The van der Waals surface area contributed by atoms with E-state index in [2.05, 4.69) is 12.2 Å². The number of aliphatic hydroxyl groups is 1. The van der Waals surface area contributed by atoms with Gasteiger partial charge in [0.15, 0.2) is 0 Å². The summed E-state index contributed by atoms with van der Waals surface area (Å²) in [6, 6.07) is 8.28. The monoisotopic (exact) mass is 223 g/mol. The zero-order valence-electron chi connectivity index (χ0n) is 10.2. The van der Waals surface area contributed by atoms with Crippen LogP contribution in [0.5, 0.6) is 5.75 Å². The third-order valence-corrected chi connectivity index (χ3v) is 2.41. The smallest absolute Gasteiger partial charge is 0.119 e. The van der Waals surface area contributed by atoms with E-state index in [9.17, 15) is 5.11 Å². The predicted octanol–water partition coefficient (Wildman–Crippen LogP) is 2.12. The lowest BCUT2D eigenvalue weighted by atomic mass is 10.1. The molecule has 0 fully saturated rings. The Morgan fingerprint density at radius 3 is 2.38 bits per heavy atom. The zero-order chi connectivity index (χ0) is 12.0. The first-order valence-electron chi connectivity index (χ1n) is 5.77. The molecular formula is C13H21NO2. The van der Waals surface area contributed by atoms with Crippen molar-refractivity contribution in [3.05, 3.63) is 29.8 Å². The summed E-state index contributed by atoms with van der Waals surface area (Å²) in [5.41, 5.74) is 1.20. The first kappa shape index (κ1) is 13.0. The predicted molar refractivity (Wildman–Crippen MR) is 65.7 cm³/mol. The molecule has 1 rings (SSSR count). The lowest BCUT2D eigenvalue weighted by Gasteiger charge is -2.15. The molecule has 0 spiro atoms. The Morgan fingerprint density at radius 2 is 1.88 bits per heavy atom. The number of nitrogens with one attached hydrogen (secondary N) is 1. The van der Waals surface area contributed by atoms with Gasteiger partial charge in [0, 0.05) is 12.6 Å². The molecule has 1 aromatic carbocycles. The van der Waals surface area contributed by atoms with E-state index in [0.29, 0.717) is 13.2 Å². The van der Waals surface area contributed by atoms with Gasteiger partial charge in [-0.05, 0) is 38.5 Å². The van der Waals surface area contributed by atoms with Gasteiger partial charge in [-0.2, -0.15) is 0 Å². The Bertz CT molecular complexity index is 295. The summed E-state index contributed by atoms with van der Waals surface area (Å²) in [4.78, 5) is 0. The molecule has 0 heterocycles. The average molecular weight is 223 g/mol. The molecule has 0 saturated heterocycles. The molecule has 0 aliphatic carbocycles. The van der Waals surface area contributed by atoms with Crippen LogP contribution in [0, 0.1) is 0 Å².